The number of alkyl halides is 3. The summed E-state index contributed by atoms with van der Waals surface area (Å²) < 4.78 is 37.0. The summed E-state index contributed by atoms with van der Waals surface area (Å²) >= 11 is 0. The zero-order valence-electron chi connectivity index (χ0n) is 9.62. The summed E-state index contributed by atoms with van der Waals surface area (Å²) in [4.78, 5) is 23.2. The Morgan fingerprint density at radius 2 is 2.11 bits per heavy atom. The van der Waals surface area contributed by atoms with Gasteiger partial charge >= 0.3 is 18.2 Å². The molecule has 1 rings (SSSR count). The summed E-state index contributed by atoms with van der Waals surface area (Å²) in [7, 11) is 0. The van der Waals surface area contributed by atoms with Crippen molar-refractivity contribution in [2.75, 3.05) is 13.1 Å². The molecule has 0 aromatic heterocycles. The Hall–Kier alpha value is -1.73. The average Bonchev–Trinajstić information content (AvgIpc) is 2.27. The maximum absolute atomic E-state index is 12.3. The van der Waals surface area contributed by atoms with E-state index in [0.29, 0.717) is 0 Å². The number of carbonyl (C=O) groups is 2. The van der Waals surface area contributed by atoms with E-state index < -0.39 is 29.8 Å². The van der Waals surface area contributed by atoms with Gasteiger partial charge in [0.1, 0.15) is 6.04 Å². The molecule has 0 aliphatic carbocycles. The minimum absolute atomic E-state index is 0.0798. The van der Waals surface area contributed by atoms with Gasteiger partial charge in [0.2, 0.25) is 0 Å². The van der Waals surface area contributed by atoms with Gasteiger partial charge in [0.05, 0.1) is 0 Å². The van der Waals surface area contributed by atoms with E-state index >= 15 is 0 Å². The van der Waals surface area contributed by atoms with Gasteiger partial charge in [-0.05, 0) is 13.3 Å². The Kier molecular flexibility index (Phi) is 4.20. The van der Waals surface area contributed by atoms with Gasteiger partial charge in [-0.25, -0.2) is 4.79 Å². The zero-order valence-corrected chi connectivity index (χ0v) is 9.62. The van der Waals surface area contributed by atoms with Crippen molar-refractivity contribution in [3.05, 3.63) is 11.6 Å². The highest BCUT2D eigenvalue weighted by Crippen LogP contribution is 2.29. The molecule has 1 unspecified atom stereocenters. The summed E-state index contributed by atoms with van der Waals surface area (Å²) in [5.74, 6) is -1.20. The number of carboxylic acids is 1. The highest BCUT2D eigenvalue weighted by molar-refractivity contribution is 5.82. The summed E-state index contributed by atoms with van der Waals surface area (Å²) in [6, 6.07) is -1.76. The van der Waals surface area contributed by atoms with Crippen molar-refractivity contribution in [2.45, 2.75) is 25.6 Å². The van der Waals surface area contributed by atoms with Crippen LogP contribution in [0.5, 0.6) is 0 Å². The molecule has 1 aliphatic heterocycles. The van der Waals surface area contributed by atoms with Gasteiger partial charge < -0.3 is 15.3 Å². The van der Waals surface area contributed by atoms with Gasteiger partial charge in [0, 0.05) is 18.7 Å². The number of hydrogen-bond donors (Lipinski definition) is 2. The number of carboxylic acid groups (broad SMARTS) is 1. The Morgan fingerprint density at radius 1 is 1.50 bits per heavy atom. The molecule has 0 saturated heterocycles. The third-order valence-corrected chi connectivity index (χ3v) is 2.57. The van der Waals surface area contributed by atoms with Crippen molar-refractivity contribution >= 4 is 12.0 Å². The topological polar surface area (TPSA) is 69.6 Å². The van der Waals surface area contributed by atoms with Crippen LogP contribution in [0.1, 0.15) is 13.3 Å². The van der Waals surface area contributed by atoms with Crippen LogP contribution in [0, 0.1) is 0 Å². The second-order valence-electron chi connectivity index (χ2n) is 3.93. The number of rotatable bonds is 2. The lowest BCUT2D eigenvalue weighted by Crippen LogP contribution is -2.48. The molecule has 1 heterocycles. The summed E-state index contributed by atoms with van der Waals surface area (Å²) in [6.45, 7) is 1.03. The van der Waals surface area contributed by atoms with Crippen LogP contribution in [0.3, 0.4) is 0 Å². The van der Waals surface area contributed by atoms with Crippen LogP contribution in [0.15, 0.2) is 11.6 Å². The first-order valence-corrected chi connectivity index (χ1v) is 5.26. The molecule has 2 N–H and O–H groups in total. The first-order chi connectivity index (χ1) is 8.21. The summed E-state index contributed by atoms with van der Waals surface area (Å²) in [5.41, 5.74) is -0.655. The second-order valence-corrected chi connectivity index (χ2v) is 3.93. The fourth-order valence-electron chi connectivity index (χ4n) is 1.45. The highest BCUT2D eigenvalue weighted by atomic mass is 19.4. The molecule has 1 aliphatic rings. The molecular formula is C10H13F3N2O3. The van der Waals surface area contributed by atoms with Gasteiger partial charge in [-0.15, -0.1) is 0 Å². The molecule has 102 valence electrons. The van der Waals surface area contributed by atoms with Crippen LogP contribution in [0.25, 0.3) is 0 Å². The number of nitrogens with one attached hydrogen (secondary N) is 1. The van der Waals surface area contributed by atoms with Gasteiger partial charge in [0.25, 0.3) is 0 Å². The van der Waals surface area contributed by atoms with Gasteiger partial charge in [0.15, 0.2) is 0 Å². The van der Waals surface area contributed by atoms with Crippen molar-refractivity contribution in [3.63, 3.8) is 0 Å². The van der Waals surface area contributed by atoms with Crippen molar-refractivity contribution in [1.82, 2.24) is 10.2 Å². The Morgan fingerprint density at radius 3 is 2.50 bits per heavy atom. The predicted molar refractivity (Wildman–Crippen MR) is 56.0 cm³/mol. The van der Waals surface area contributed by atoms with E-state index in [2.05, 4.69) is 5.32 Å². The Balaban J connectivity index is 2.55. The van der Waals surface area contributed by atoms with Crippen molar-refractivity contribution < 1.29 is 27.9 Å². The van der Waals surface area contributed by atoms with E-state index in [0.717, 1.165) is 11.0 Å². The quantitative estimate of drug-likeness (QED) is 0.741. The van der Waals surface area contributed by atoms with E-state index in [4.69, 9.17) is 5.11 Å². The molecule has 8 heteroatoms. The molecule has 0 saturated carbocycles. The Labute approximate surface area is 101 Å². The summed E-state index contributed by atoms with van der Waals surface area (Å²) in [5, 5.41) is 10.8. The van der Waals surface area contributed by atoms with E-state index in [-0.39, 0.29) is 19.5 Å². The molecule has 18 heavy (non-hydrogen) atoms. The second kappa shape index (κ2) is 5.28. The standard InChI is InChI=1S/C10H13F3N2O3/c1-6(8(16)17)14-9(18)15-4-2-7(3-5-15)10(11,12)13/h2,6H,3-5H2,1H3,(H,14,18)(H,16,17). The lowest BCUT2D eigenvalue weighted by Gasteiger charge is -2.28. The van der Waals surface area contributed by atoms with E-state index in [1.54, 1.807) is 0 Å². The van der Waals surface area contributed by atoms with Crippen LogP contribution in [0.4, 0.5) is 18.0 Å². The van der Waals surface area contributed by atoms with Crippen LogP contribution in [-0.4, -0.2) is 47.3 Å². The normalized spacial score (nSPS) is 18.0. The fraction of sp³-hybridized carbons (Fsp3) is 0.600. The molecule has 0 aromatic rings. The van der Waals surface area contributed by atoms with E-state index in [1.807, 2.05) is 0 Å². The minimum atomic E-state index is -4.36. The molecule has 2 amide bonds. The third-order valence-electron chi connectivity index (χ3n) is 2.57. The third kappa shape index (κ3) is 3.64. The lowest BCUT2D eigenvalue weighted by molar-refractivity contribution is -0.138. The number of amides is 2. The van der Waals surface area contributed by atoms with Gasteiger partial charge in [-0.3, -0.25) is 4.79 Å². The van der Waals surface area contributed by atoms with Crippen LogP contribution in [0.2, 0.25) is 0 Å². The number of nitrogens with zero attached hydrogens (tertiary/aromatic N) is 1. The molecular weight excluding hydrogens is 253 g/mol. The van der Waals surface area contributed by atoms with Crippen molar-refractivity contribution in [1.29, 1.82) is 0 Å². The first-order valence-electron chi connectivity index (χ1n) is 5.26. The maximum Gasteiger partial charge on any atom is 0.412 e. The smallest absolute Gasteiger partial charge is 0.412 e. The molecule has 0 spiro atoms. The summed E-state index contributed by atoms with van der Waals surface area (Å²) in [6.07, 6.45) is -3.70. The number of carbonyl (C=O) groups excluding carboxylic acids is 1. The maximum atomic E-state index is 12.3. The monoisotopic (exact) mass is 266 g/mol. The lowest BCUT2D eigenvalue weighted by atomic mass is 10.1. The number of halogens is 3. The van der Waals surface area contributed by atoms with Gasteiger partial charge in [-0.1, -0.05) is 6.08 Å². The molecule has 0 bridgehead atoms. The van der Waals surface area contributed by atoms with Crippen LogP contribution in [-0.2, 0) is 4.79 Å². The SMILES string of the molecule is CC(NC(=O)N1CC=C(C(F)(F)F)CC1)C(=O)O. The molecule has 0 radical (unpaired) electrons. The molecule has 5 nitrogen and oxygen atoms in total. The van der Waals surface area contributed by atoms with E-state index in [9.17, 15) is 22.8 Å². The minimum Gasteiger partial charge on any atom is -0.480 e. The fourth-order valence-corrected chi connectivity index (χ4v) is 1.45. The first kappa shape index (κ1) is 14.3. The molecule has 0 aromatic carbocycles. The highest BCUT2D eigenvalue weighted by Gasteiger charge is 2.35. The average molecular weight is 266 g/mol. The number of urea groups is 1. The van der Waals surface area contributed by atoms with Gasteiger partial charge in [-0.2, -0.15) is 13.2 Å². The van der Waals surface area contributed by atoms with Crippen molar-refractivity contribution in [3.8, 4) is 0 Å². The Bertz CT molecular complexity index is 379. The van der Waals surface area contributed by atoms with E-state index in [1.165, 1.54) is 6.92 Å². The molecule has 0 fully saturated rings. The largest absolute Gasteiger partial charge is 0.480 e. The van der Waals surface area contributed by atoms with Crippen molar-refractivity contribution in [2.24, 2.45) is 0 Å². The molecule has 1 atom stereocenters. The number of hydrogen-bond acceptors (Lipinski definition) is 2. The van der Waals surface area contributed by atoms with Crippen LogP contribution < -0.4 is 5.32 Å². The van der Waals surface area contributed by atoms with Crippen LogP contribution >= 0.6 is 0 Å². The predicted octanol–water partition coefficient (Wildman–Crippen LogP) is 1.36. The number of aliphatic carboxylic acids is 1. The zero-order chi connectivity index (χ0) is 13.9.